The molecule has 0 spiro atoms. The van der Waals surface area contributed by atoms with Gasteiger partial charge in [0.2, 0.25) is 0 Å². The van der Waals surface area contributed by atoms with Crippen molar-refractivity contribution in [3.05, 3.63) is 35.8 Å². The lowest BCUT2D eigenvalue weighted by atomic mass is 9.87. The minimum atomic E-state index is -0.813. The van der Waals surface area contributed by atoms with Gasteiger partial charge in [0, 0.05) is 24.0 Å². The molecule has 0 bridgehead atoms. The maximum absolute atomic E-state index is 13.7. The number of aromatic nitrogens is 1. The number of hydrogen-bond donors (Lipinski definition) is 2. The number of carbonyl (C=O) groups excluding carboxylic acids is 1. The third-order valence-electron chi connectivity index (χ3n) is 4.35. The molecule has 1 aromatic heterocycles. The number of halogens is 1. The molecular formula is C16H17FN2O3. The summed E-state index contributed by atoms with van der Waals surface area (Å²) in [7, 11) is 0. The van der Waals surface area contributed by atoms with Crippen molar-refractivity contribution in [3.63, 3.8) is 0 Å². The lowest BCUT2D eigenvalue weighted by Crippen LogP contribution is -2.45. The maximum Gasteiger partial charge on any atom is 0.306 e. The molecule has 116 valence electrons. The van der Waals surface area contributed by atoms with Crippen LogP contribution in [0.15, 0.2) is 24.3 Å². The molecule has 0 radical (unpaired) electrons. The van der Waals surface area contributed by atoms with E-state index >= 15 is 0 Å². The number of aliphatic carboxylic acids is 1. The lowest BCUT2D eigenvalue weighted by molar-refractivity contribution is -0.145. The highest BCUT2D eigenvalue weighted by molar-refractivity contribution is 5.98. The second-order valence-corrected chi connectivity index (χ2v) is 5.85. The number of fused-ring (bicyclic) bond motifs is 1. The number of hydrogen-bond acceptors (Lipinski definition) is 2. The predicted octanol–water partition coefficient (Wildman–Crippen LogP) is 2.49. The van der Waals surface area contributed by atoms with Gasteiger partial charge in [-0.2, -0.15) is 0 Å². The van der Waals surface area contributed by atoms with Crippen LogP contribution in [0.4, 0.5) is 4.39 Å². The van der Waals surface area contributed by atoms with Gasteiger partial charge < -0.3 is 15.0 Å². The van der Waals surface area contributed by atoms with E-state index in [-0.39, 0.29) is 17.6 Å². The zero-order valence-corrected chi connectivity index (χ0v) is 12.2. The van der Waals surface area contributed by atoms with Gasteiger partial charge in [0.25, 0.3) is 5.91 Å². The number of nitrogens with one attached hydrogen (secondary N) is 1. The number of carboxylic acid groups (broad SMARTS) is 1. The molecule has 1 amide bonds. The van der Waals surface area contributed by atoms with Gasteiger partial charge >= 0.3 is 5.97 Å². The molecule has 1 saturated heterocycles. The van der Waals surface area contributed by atoms with E-state index in [1.165, 1.54) is 12.1 Å². The fraction of sp³-hybridized carbons (Fsp3) is 0.375. The van der Waals surface area contributed by atoms with Crippen LogP contribution in [-0.4, -0.2) is 40.0 Å². The molecule has 2 N–H and O–H groups in total. The summed E-state index contributed by atoms with van der Waals surface area (Å²) in [5.74, 6) is -1.91. The van der Waals surface area contributed by atoms with Crippen molar-refractivity contribution in [2.24, 2.45) is 11.8 Å². The standard InChI is InChI=1S/C16H17FN2O3/c1-9-8-19(6-5-10(9)16(21)22)15(20)14-7-11-12(17)3-2-4-13(11)18-14/h2-4,7,9-10,18H,5-6,8H2,1H3,(H,21,22). The van der Waals surface area contributed by atoms with E-state index in [1.807, 2.05) is 6.92 Å². The van der Waals surface area contributed by atoms with Gasteiger partial charge in [-0.05, 0) is 30.5 Å². The number of likely N-dealkylation sites (tertiary alicyclic amines) is 1. The first-order valence-electron chi connectivity index (χ1n) is 7.26. The predicted molar refractivity (Wildman–Crippen MR) is 79.1 cm³/mol. The van der Waals surface area contributed by atoms with E-state index in [2.05, 4.69) is 4.98 Å². The Morgan fingerprint density at radius 3 is 2.82 bits per heavy atom. The molecule has 1 aliphatic rings. The Hall–Kier alpha value is -2.37. The van der Waals surface area contributed by atoms with Crippen molar-refractivity contribution in [1.82, 2.24) is 9.88 Å². The van der Waals surface area contributed by atoms with E-state index in [4.69, 9.17) is 5.11 Å². The van der Waals surface area contributed by atoms with Crippen LogP contribution in [0.25, 0.3) is 10.9 Å². The van der Waals surface area contributed by atoms with Crippen molar-refractivity contribution in [3.8, 4) is 0 Å². The number of carboxylic acids is 1. The summed E-state index contributed by atoms with van der Waals surface area (Å²) in [6.07, 6.45) is 0.441. The van der Waals surface area contributed by atoms with Crippen molar-refractivity contribution in [1.29, 1.82) is 0 Å². The smallest absolute Gasteiger partial charge is 0.306 e. The van der Waals surface area contributed by atoms with E-state index < -0.39 is 11.9 Å². The molecule has 2 aromatic rings. The zero-order valence-electron chi connectivity index (χ0n) is 12.2. The Balaban J connectivity index is 1.81. The number of carbonyl (C=O) groups is 2. The third kappa shape index (κ3) is 2.45. The summed E-state index contributed by atoms with van der Waals surface area (Å²) in [5.41, 5.74) is 0.915. The molecule has 2 atom stereocenters. The first-order chi connectivity index (χ1) is 10.5. The van der Waals surface area contributed by atoms with Crippen LogP contribution >= 0.6 is 0 Å². The molecule has 0 saturated carbocycles. The SMILES string of the molecule is CC1CN(C(=O)c2cc3c(F)cccc3[nH]2)CCC1C(=O)O. The second kappa shape index (κ2) is 5.44. The van der Waals surface area contributed by atoms with Gasteiger partial charge in [0.1, 0.15) is 11.5 Å². The summed E-state index contributed by atoms with van der Waals surface area (Å²) in [6.45, 7) is 2.63. The van der Waals surface area contributed by atoms with Crippen molar-refractivity contribution >= 4 is 22.8 Å². The Kier molecular flexibility index (Phi) is 3.60. The fourth-order valence-corrected chi connectivity index (χ4v) is 3.10. The third-order valence-corrected chi connectivity index (χ3v) is 4.35. The largest absolute Gasteiger partial charge is 0.481 e. The van der Waals surface area contributed by atoms with Crippen LogP contribution in [0, 0.1) is 17.7 Å². The molecule has 1 fully saturated rings. The van der Waals surface area contributed by atoms with Gasteiger partial charge in [-0.1, -0.05) is 13.0 Å². The first kappa shape index (κ1) is 14.6. The van der Waals surface area contributed by atoms with Crippen LogP contribution in [0.1, 0.15) is 23.8 Å². The highest BCUT2D eigenvalue weighted by Gasteiger charge is 2.33. The molecule has 1 aromatic carbocycles. The molecule has 5 nitrogen and oxygen atoms in total. The molecule has 22 heavy (non-hydrogen) atoms. The first-order valence-corrected chi connectivity index (χ1v) is 7.26. The molecule has 3 rings (SSSR count). The topological polar surface area (TPSA) is 73.4 Å². The number of amides is 1. The quantitative estimate of drug-likeness (QED) is 0.895. The summed E-state index contributed by atoms with van der Waals surface area (Å²) in [4.78, 5) is 28.2. The number of H-pyrrole nitrogens is 1. The summed E-state index contributed by atoms with van der Waals surface area (Å²) in [5, 5.41) is 9.51. The van der Waals surface area contributed by atoms with Gasteiger partial charge in [0.15, 0.2) is 0 Å². The van der Waals surface area contributed by atoms with Gasteiger partial charge in [-0.15, -0.1) is 0 Å². The minimum Gasteiger partial charge on any atom is -0.481 e. The monoisotopic (exact) mass is 304 g/mol. The average molecular weight is 304 g/mol. The van der Waals surface area contributed by atoms with Crippen LogP contribution in [0.5, 0.6) is 0 Å². The fourth-order valence-electron chi connectivity index (χ4n) is 3.10. The molecule has 6 heteroatoms. The molecular weight excluding hydrogens is 287 g/mol. The summed E-state index contributed by atoms with van der Waals surface area (Å²) >= 11 is 0. The number of rotatable bonds is 2. The van der Waals surface area contributed by atoms with E-state index in [0.717, 1.165) is 0 Å². The van der Waals surface area contributed by atoms with Gasteiger partial charge in [-0.3, -0.25) is 9.59 Å². The van der Waals surface area contributed by atoms with Crippen LogP contribution in [0.3, 0.4) is 0 Å². The van der Waals surface area contributed by atoms with Gasteiger partial charge in [0.05, 0.1) is 5.92 Å². The normalized spacial score (nSPS) is 22.0. The van der Waals surface area contributed by atoms with E-state index in [0.29, 0.717) is 36.1 Å². The Labute approximate surface area is 126 Å². The Morgan fingerprint density at radius 1 is 1.41 bits per heavy atom. The molecule has 0 aliphatic carbocycles. The molecule has 2 heterocycles. The Bertz CT molecular complexity index is 740. The number of piperidine rings is 1. The Morgan fingerprint density at radius 2 is 2.18 bits per heavy atom. The average Bonchev–Trinajstić information content (AvgIpc) is 2.91. The van der Waals surface area contributed by atoms with Crippen molar-refractivity contribution < 1.29 is 19.1 Å². The van der Waals surface area contributed by atoms with E-state index in [9.17, 15) is 14.0 Å². The van der Waals surface area contributed by atoms with Gasteiger partial charge in [-0.25, -0.2) is 4.39 Å². The second-order valence-electron chi connectivity index (χ2n) is 5.85. The van der Waals surface area contributed by atoms with E-state index in [1.54, 1.807) is 17.0 Å². The van der Waals surface area contributed by atoms with Crippen LogP contribution in [0.2, 0.25) is 0 Å². The maximum atomic E-state index is 13.7. The highest BCUT2D eigenvalue weighted by atomic mass is 19.1. The minimum absolute atomic E-state index is 0.101. The molecule has 1 aliphatic heterocycles. The number of benzene rings is 1. The lowest BCUT2D eigenvalue weighted by Gasteiger charge is -2.34. The van der Waals surface area contributed by atoms with Crippen molar-refractivity contribution in [2.45, 2.75) is 13.3 Å². The summed E-state index contributed by atoms with van der Waals surface area (Å²) in [6, 6.07) is 6.17. The van der Waals surface area contributed by atoms with Crippen LogP contribution in [-0.2, 0) is 4.79 Å². The molecule has 2 unspecified atom stereocenters. The number of nitrogens with zero attached hydrogens (tertiary/aromatic N) is 1. The summed E-state index contributed by atoms with van der Waals surface area (Å²) < 4.78 is 13.7. The van der Waals surface area contributed by atoms with Crippen LogP contribution < -0.4 is 0 Å². The van der Waals surface area contributed by atoms with Crippen molar-refractivity contribution in [2.75, 3.05) is 13.1 Å². The zero-order chi connectivity index (χ0) is 15.9. The number of aromatic amines is 1. The highest BCUT2D eigenvalue weighted by Crippen LogP contribution is 2.26.